The van der Waals surface area contributed by atoms with Crippen molar-refractivity contribution in [3.63, 3.8) is 0 Å². The average Bonchev–Trinajstić information content (AvgIpc) is 2.98. The molecule has 9 heteroatoms. The summed E-state index contributed by atoms with van der Waals surface area (Å²) in [6.07, 6.45) is 0.675. The van der Waals surface area contributed by atoms with Crippen LogP contribution in [0.4, 0.5) is 5.00 Å². The second-order valence-corrected chi connectivity index (χ2v) is 10.1. The first-order chi connectivity index (χ1) is 13.7. The van der Waals surface area contributed by atoms with Crippen LogP contribution in [0.2, 0.25) is 0 Å². The van der Waals surface area contributed by atoms with Crippen molar-refractivity contribution in [2.45, 2.75) is 31.7 Å². The molecule has 156 valence electrons. The number of likely N-dealkylation sites (N-methyl/N-ethyl adjacent to an activating group) is 1. The minimum Gasteiger partial charge on any atom is -0.462 e. The molecule has 1 amide bonds. The normalized spacial score (nSPS) is 14.3. The van der Waals surface area contributed by atoms with Gasteiger partial charge in [-0.1, -0.05) is 17.7 Å². The van der Waals surface area contributed by atoms with Gasteiger partial charge in [0.25, 0.3) is 0 Å². The molecule has 1 aliphatic heterocycles. The Balaban J connectivity index is 1.84. The van der Waals surface area contributed by atoms with Crippen LogP contribution < -0.4 is 5.32 Å². The molecular formula is C20H24N2O5S2. The summed E-state index contributed by atoms with van der Waals surface area (Å²) in [5, 5.41) is 2.99. The molecule has 1 aliphatic rings. The van der Waals surface area contributed by atoms with Crippen LogP contribution in [0.25, 0.3) is 0 Å². The number of esters is 1. The highest BCUT2D eigenvalue weighted by molar-refractivity contribution is 7.92. The molecule has 2 heterocycles. The maximum absolute atomic E-state index is 12.5. The van der Waals surface area contributed by atoms with Crippen LogP contribution in [0.15, 0.2) is 29.2 Å². The first kappa shape index (κ1) is 21.5. The highest BCUT2D eigenvalue weighted by Gasteiger charge is 2.29. The number of ether oxygens (including phenoxy) is 1. The van der Waals surface area contributed by atoms with Crippen LogP contribution in [0.1, 0.15) is 33.3 Å². The van der Waals surface area contributed by atoms with Crippen molar-refractivity contribution in [2.24, 2.45) is 0 Å². The monoisotopic (exact) mass is 436 g/mol. The van der Waals surface area contributed by atoms with Crippen molar-refractivity contribution in [3.05, 3.63) is 45.8 Å². The molecular weight excluding hydrogens is 412 g/mol. The maximum atomic E-state index is 12.5. The molecule has 0 radical (unpaired) electrons. The van der Waals surface area contributed by atoms with Crippen LogP contribution in [0.5, 0.6) is 0 Å². The van der Waals surface area contributed by atoms with Crippen LogP contribution in [0.3, 0.4) is 0 Å². The van der Waals surface area contributed by atoms with E-state index in [4.69, 9.17) is 4.74 Å². The fourth-order valence-corrected chi connectivity index (χ4v) is 5.67. The van der Waals surface area contributed by atoms with Gasteiger partial charge in [-0.2, -0.15) is 0 Å². The highest BCUT2D eigenvalue weighted by Crippen LogP contribution is 2.37. The molecule has 0 atom stereocenters. The quantitative estimate of drug-likeness (QED) is 0.700. The van der Waals surface area contributed by atoms with E-state index < -0.39 is 27.5 Å². The van der Waals surface area contributed by atoms with Gasteiger partial charge in [0.15, 0.2) is 9.84 Å². The lowest BCUT2D eigenvalue weighted by Gasteiger charge is -2.22. The van der Waals surface area contributed by atoms with Gasteiger partial charge < -0.3 is 15.0 Å². The van der Waals surface area contributed by atoms with E-state index in [1.807, 2.05) is 14.0 Å². The molecule has 7 nitrogen and oxygen atoms in total. The number of rotatable bonds is 6. The molecule has 0 unspecified atom stereocenters. The van der Waals surface area contributed by atoms with E-state index in [0.29, 0.717) is 23.5 Å². The van der Waals surface area contributed by atoms with E-state index in [2.05, 4.69) is 10.2 Å². The lowest BCUT2D eigenvalue weighted by atomic mass is 10.0. The van der Waals surface area contributed by atoms with Gasteiger partial charge in [-0.3, -0.25) is 4.79 Å². The van der Waals surface area contributed by atoms with Gasteiger partial charge in [-0.05, 0) is 45.0 Å². The van der Waals surface area contributed by atoms with E-state index in [1.54, 1.807) is 19.1 Å². The van der Waals surface area contributed by atoms with Gasteiger partial charge in [-0.15, -0.1) is 11.3 Å². The fourth-order valence-electron chi connectivity index (χ4n) is 3.20. The van der Waals surface area contributed by atoms with Gasteiger partial charge >= 0.3 is 5.97 Å². The zero-order valence-electron chi connectivity index (χ0n) is 16.6. The number of nitrogens with one attached hydrogen (secondary N) is 1. The summed E-state index contributed by atoms with van der Waals surface area (Å²) in [5.74, 6) is -1.87. The van der Waals surface area contributed by atoms with Gasteiger partial charge in [0.05, 0.1) is 17.1 Å². The van der Waals surface area contributed by atoms with Gasteiger partial charge in [0, 0.05) is 18.0 Å². The predicted octanol–water partition coefficient (Wildman–Crippen LogP) is 2.63. The van der Waals surface area contributed by atoms with E-state index in [1.165, 1.54) is 23.5 Å². The number of hydrogen-bond acceptors (Lipinski definition) is 7. The third kappa shape index (κ3) is 4.85. The number of carbonyl (C=O) groups is 2. The molecule has 1 aromatic heterocycles. The zero-order valence-corrected chi connectivity index (χ0v) is 18.3. The standard InChI is InChI=1S/C20H24N2O5S2/c1-4-27-20(24)18-15-9-10-22(3)11-16(15)28-19(18)21-17(23)12-29(25,26)14-7-5-13(2)6-8-14/h5-8H,4,9-12H2,1-3H3,(H,21,23). The molecule has 0 saturated carbocycles. The number of carbonyl (C=O) groups excluding carboxylic acids is 2. The molecule has 0 fully saturated rings. The highest BCUT2D eigenvalue weighted by atomic mass is 32.2. The predicted molar refractivity (Wildman–Crippen MR) is 112 cm³/mol. The molecule has 0 saturated heterocycles. The number of benzene rings is 1. The lowest BCUT2D eigenvalue weighted by molar-refractivity contribution is -0.113. The largest absolute Gasteiger partial charge is 0.462 e. The van der Waals surface area contributed by atoms with Crippen molar-refractivity contribution in [3.8, 4) is 0 Å². The first-order valence-electron chi connectivity index (χ1n) is 9.30. The van der Waals surface area contributed by atoms with Crippen molar-refractivity contribution in [1.82, 2.24) is 4.90 Å². The van der Waals surface area contributed by atoms with Gasteiger partial charge in [0.2, 0.25) is 5.91 Å². The van der Waals surface area contributed by atoms with E-state index in [-0.39, 0.29) is 11.5 Å². The Morgan fingerprint density at radius 1 is 1.24 bits per heavy atom. The summed E-state index contributed by atoms with van der Waals surface area (Å²) >= 11 is 1.30. The maximum Gasteiger partial charge on any atom is 0.341 e. The Bertz CT molecular complexity index is 1030. The molecule has 0 spiro atoms. The van der Waals surface area contributed by atoms with Crippen LogP contribution in [-0.2, 0) is 32.3 Å². The number of fused-ring (bicyclic) bond motifs is 1. The average molecular weight is 437 g/mol. The summed E-state index contributed by atoms with van der Waals surface area (Å²) < 4.78 is 30.3. The molecule has 0 aliphatic carbocycles. The lowest BCUT2D eigenvalue weighted by Crippen LogP contribution is -2.26. The molecule has 1 aromatic carbocycles. The van der Waals surface area contributed by atoms with Crippen molar-refractivity contribution in [2.75, 3.05) is 31.3 Å². The summed E-state index contributed by atoms with van der Waals surface area (Å²) in [6, 6.07) is 6.35. The smallest absolute Gasteiger partial charge is 0.341 e. The first-order valence-corrected chi connectivity index (χ1v) is 11.8. The minimum absolute atomic E-state index is 0.0935. The van der Waals surface area contributed by atoms with Crippen molar-refractivity contribution >= 4 is 38.1 Å². The van der Waals surface area contributed by atoms with E-state index in [0.717, 1.165) is 22.5 Å². The summed E-state index contributed by atoms with van der Waals surface area (Å²) in [7, 11) is -1.80. The second kappa shape index (κ2) is 8.64. The van der Waals surface area contributed by atoms with Crippen LogP contribution >= 0.6 is 11.3 Å². The SMILES string of the molecule is CCOC(=O)c1c(NC(=O)CS(=O)(=O)c2ccc(C)cc2)sc2c1CCN(C)C2. The Kier molecular flexibility index (Phi) is 6.40. The molecule has 2 aromatic rings. The fraction of sp³-hybridized carbons (Fsp3) is 0.400. The van der Waals surface area contributed by atoms with Crippen LogP contribution in [-0.4, -0.2) is 51.1 Å². The van der Waals surface area contributed by atoms with Gasteiger partial charge in [-0.25, -0.2) is 13.2 Å². The third-order valence-corrected chi connectivity index (χ3v) is 7.45. The number of thiophene rings is 1. The number of aryl methyl sites for hydroxylation is 1. The zero-order chi connectivity index (χ0) is 21.2. The summed E-state index contributed by atoms with van der Waals surface area (Å²) in [6.45, 7) is 5.26. The number of nitrogens with zero attached hydrogens (tertiary/aromatic N) is 1. The number of amides is 1. The Morgan fingerprint density at radius 3 is 2.59 bits per heavy atom. The van der Waals surface area contributed by atoms with E-state index in [9.17, 15) is 18.0 Å². The minimum atomic E-state index is -3.78. The Morgan fingerprint density at radius 2 is 1.93 bits per heavy atom. The topological polar surface area (TPSA) is 92.8 Å². The van der Waals surface area contributed by atoms with E-state index >= 15 is 0 Å². The van der Waals surface area contributed by atoms with Crippen molar-refractivity contribution < 1.29 is 22.7 Å². The number of anilines is 1. The third-order valence-electron chi connectivity index (χ3n) is 4.68. The van der Waals surface area contributed by atoms with Crippen molar-refractivity contribution in [1.29, 1.82) is 0 Å². The summed E-state index contributed by atoms with van der Waals surface area (Å²) in [4.78, 5) is 28.2. The molecule has 1 N–H and O–H groups in total. The summed E-state index contributed by atoms with van der Waals surface area (Å²) in [5.41, 5.74) is 2.16. The Labute approximate surface area is 174 Å². The van der Waals surface area contributed by atoms with Gasteiger partial charge in [0.1, 0.15) is 10.8 Å². The Hall–Kier alpha value is -2.23. The number of hydrogen-bond donors (Lipinski definition) is 1. The molecule has 29 heavy (non-hydrogen) atoms. The number of sulfone groups is 1. The molecule has 3 rings (SSSR count). The molecule has 0 bridgehead atoms. The van der Waals surface area contributed by atoms with Crippen LogP contribution in [0, 0.1) is 6.92 Å². The second-order valence-electron chi connectivity index (χ2n) is 7.04.